The van der Waals surface area contributed by atoms with Crippen molar-refractivity contribution in [1.82, 2.24) is 19.8 Å². The molecule has 0 saturated carbocycles. The maximum absolute atomic E-state index is 12.6. The van der Waals surface area contributed by atoms with Gasteiger partial charge in [-0.3, -0.25) is 4.90 Å². The van der Waals surface area contributed by atoms with Gasteiger partial charge >= 0.3 is 0 Å². The Morgan fingerprint density at radius 1 is 1.06 bits per heavy atom. The van der Waals surface area contributed by atoms with Crippen LogP contribution in [-0.4, -0.2) is 67.2 Å². The molecule has 4 aromatic rings. The van der Waals surface area contributed by atoms with Gasteiger partial charge in [0, 0.05) is 55.2 Å². The van der Waals surface area contributed by atoms with E-state index in [1.54, 1.807) is 13.0 Å². The van der Waals surface area contributed by atoms with Crippen LogP contribution in [-0.2, 0) is 16.4 Å². The minimum atomic E-state index is -3.29. The Kier molecular flexibility index (Phi) is 5.72. The van der Waals surface area contributed by atoms with E-state index in [0.717, 1.165) is 71.4 Å². The monoisotopic (exact) mass is 462 g/mol. The summed E-state index contributed by atoms with van der Waals surface area (Å²) in [4.78, 5) is 13.3. The van der Waals surface area contributed by atoms with Gasteiger partial charge in [-0.05, 0) is 66.6 Å². The number of rotatable bonds is 5. The lowest BCUT2D eigenvalue weighted by Crippen LogP contribution is -2.43. The number of likely N-dealkylation sites (N-methyl/N-ethyl adjacent to an activating group) is 1. The molecule has 0 radical (unpaired) electrons. The van der Waals surface area contributed by atoms with E-state index in [0.29, 0.717) is 4.90 Å². The highest BCUT2D eigenvalue weighted by Gasteiger charge is 2.19. The summed E-state index contributed by atoms with van der Waals surface area (Å²) < 4.78 is 25.2. The number of pyridine rings is 1. The molecule has 0 unspecified atom stereocenters. The number of H-pyrrole nitrogens is 1. The Labute approximate surface area is 195 Å². The zero-order valence-electron chi connectivity index (χ0n) is 19.4. The third-order valence-electron chi connectivity index (χ3n) is 6.63. The van der Waals surface area contributed by atoms with Gasteiger partial charge in [-0.1, -0.05) is 19.1 Å². The Morgan fingerprint density at radius 3 is 2.61 bits per heavy atom. The summed E-state index contributed by atoms with van der Waals surface area (Å²) in [6.45, 7) is 8.82. The Bertz CT molecular complexity index is 1430. The second kappa shape index (κ2) is 8.56. The van der Waals surface area contributed by atoms with Gasteiger partial charge in [0.25, 0.3) is 0 Å². The van der Waals surface area contributed by atoms with Crippen molar-refractivity contribution in [2.45, 2.75) is 25.3 Å². The third-order valence-corrected chi connectivity index (χ3v) is 8.36. The molecule has 172 valence electrons. The maximum atomic E-state index is 12.6. The van der Waals surface area contributed by atoms with Gasteiger partial charge in [0.2, 0.25) is 0 Å². The molecule has 0 amide bonds. The summed E-state index contributed by atoms with van der Waals surface area (Å²) in [7, 11) is -1.12. The Morgan fingerprint density at radius 2 is 1.85 bits per heavy atom. The molecule has 1 N–H and O–H groups in total. The maximum Gasteiger partial charge on any atom is 0.178 e. The van der Waals surface area contributed by atoms with Gasteiger partial charge in [-0.2, -0.15) is 0 Å². The van der Waals surface area contributed by atoms with Gasteiger partial charge in [0.15, 0.2) is 9.84 Å². The summed E-state index contributed by atoms with van der Waals surface area (Å²) in [5.74, 6) is 0.0888. The number of aromatic amines is 1. The van der Waals surface area contributed by atoms with E-state index < -0.39 is 9.84 Å². The molecule has 1 aliphatic heterocycles. The summed E-state index contributed by atoms with van der Waals surface area (Å²) in [6.07, 6.45) is 1.87. The van der Waals surface area contributed by atoms with Gasteiger partial charge in [-0.25, -0.2) is 13.4 Å². The largest absolute Gasteiger partial charge is 0.339 e. The summed E-state index contributed by atoms with van der Waals surface area (Å²) in [6, 6.07) is 14.0. The van der Waals surface area contributed by atoms with Crippen LogP contribution in [0.5, 0.6) is 0 Å². The lowest BCUT2D eigenvalue weighted by atomic mass is 9.97. The van der Waals surface area contributed by atoms with Crippen LogP contribution < -0.4 is 0 Å². The van der Waals surface area contributed by atoms with Crippen molar-refractivity contribution in [3.63, 3.8) is 0 Å². The zero-order valence-corrected chi connectivity index (χ0v) is 20.2. The molecule has 7 heteroatoms. The Hall–Kier alpha value is -2.74. The molecule has 1 fully saturated rings. The van der Waals surface area contributed by atoms with Gasteiger partial charge in [0.1, 0.15) is 5.65 Å². The highest BCUT2D eigenvalue weighted by Crippen LogP contribution is 2.36. The summed E-state index contributed by atoms with van der Waals surface area (Å²) in [5, 5.41) is 2.16. The average Bonchev–Trinajstić information content (AvgIpc) is 3.17. The molecule has 0 aliphatic carbocycles. The smallest absolute Gasteiger partial charge is 0.178 e. The number of hydrogen-bond donors (Lipinski definition) is 1. The molecule has 1 saturated heterocycles. The fraction of sp³-hybridized carbons (Fsp3) is 0.346. The zero-order chi connectivity index (χ0) is 23.2. The normalized spacial score (nSPS) is 16.1. The molecule has 0 atom stereocenters. The van der Waals surface area contributed by atoms with Crippen LogP contribution in [0.15, 0.2) is 53.6 Å². The average molecular weight is 463 g/mol. The number of nitrogens with zero attached hydrogens (tertiary/aromatic N) is 3. The number of nitrogens with one attached hydrogen (secondary N) is 1. The molecule has 1 aliphatic rings. The fourth-order valence-electron chi connectivity index (χ4n) is 4.68. The van der Waals surface area contributed by atoms with E-state index in [-0.39, 0.29) is 5.75 Å². The summed E-state index contributed by atoms with van der Waals surface area (Å²) in [5.41, 5.74) is 6.16. The lowest BCUT2D eigenvalue weighted by molar-refractivity contribution is 0.148. The highest BCUT2D eigenvalue weighted by atomic mass is 32.2. The number of fused-ring (bicyclic) bond motifs is 3. The number of hydrogen-bond acceptors (Lipinski definition) is 5. The molecule has 3 heterocycles. The first kappa shape index (κ1) is 22.1. The SMILES string of the molecule is CCS(=O)(=O)c1cccc(-c2cc(CN3CCN(C)CC3)cc3[nH]c4ncc(C)cc4c23)c1. The topological polar surface area (TPSA) is 69.3 Å². The molecule has 2 aromatic heterocycles. The van der Waals surface area contributed by atoms with Crippen LogP contribution in [0.3, 0.4) is 0 Å². The van der Waals surface area contributed by atoms with Crippen molar-refractivity contribution < 1.29 is 8.42 Å². The van der Waals surface area contributed by atoms with E-state index in [9.17, 15) is 8.42 Å². The molecule has 6 nitrogen and oxygen atoms in total. The number of aryl methyl sites for hydroxylation is 1. The summed E-state index contributed by atoms with van der Waals surface area (Å²) >= 11 is 0. The van der Waals surface area contributed by atoms with Crippen molar-refractivity contribution in [1.29, 1.82) is 0 Å². The van der Waals surface area contributed by atoms with E-state index in [1.165, 1.54) is 5.56 Å². The van der Waals surface area contributed by atoms with Crippen molar-refractivity contribution in [3.8, 4) is 11.1 Å². The molecular weight excluding hydrogens is 432 g/mol. The number of benzene rings is 2. The van der Waals surface area contributed by atoms with E-state index in [4.69, 9.17) is 0 Å². The molecule has 0 spiro atoms. The van der Waals surface area contributed by atoms with Crippen molar-refractivity contribution in [3.05, 3.63) is 59.8 Å². The quantitative estimate of drug-likeness (QED) is 0.481. The predicted octanol–water partition coefficient (Wildman–Crippen LogP) is 4.23. The van der Waals surface area contributed by atoms with E-state index in [2.05, 4.69) is 45.0 Å². The van der Waals surface area contributed by atoms with Crippen LogP contribution in [0, 0.1) is 6.92 Å². The number of sulfone groups is 1. The Balaban J connectivity index is 1.69. The first-order valence-corrected chi connectivity index (χ1v) is 13.1. The second-order valence-corrected chi connectivity index (χ2v) is 11.4. The van der Waals surface area contributed by atoms with Crippen molar-refractivity contribution in [2.75, 3.05) is 39.0 Å². The minimum Gasteiger partial charge on any atom is -0.339 e. The van der Waals surface area contributed by atoms with Crippen LogP contribution >= 0.6 is 0 Å². The lowest BCUT2D eigenvalue weighted by Gasteiger charge is -2.32. The molecule has 5 rings (SSSR count). The molecular formula is C26H30N4O2S. The molecule has 33 heavy (non-hydrogen) atoms. The van der Waals surface area contributed by atoms with Crippen LogP contribution in [0.2, 0.25) is 0 Å². The number of aromatic nitrogens is 2. The first-order valence-electron chi connectivity index (χ1n) is 11.5. The minimum absolute atomic E-state index is 0.0888. The van der Waals surface area contributed by atoms with Crippen LogP contribution in [0.4, 0.5) is 0 Å². The predicted molar refractivity (Wildman–Crippen MR) is 134 cm³/mol. The van der Waals surface area contributed by atoms with Crippen molar-refractivity contribution in [2.24, 2.45) is 0 Å². The highest BCUT2D eigenvalue weighted by molar-refractivity contribution is 7.91. The standard InChI is InChI=1S/C26H30N4O2S/c1-4-33(31,32)21-7-5-6-20(15-21)22-13-19(17-30-10-8-29(3)9-11-30)14-24-25(22)23-12-18(2)16-27-26(23)28-24/h5-7,12-16H,4,8-11,17H2,1-3H3,(H,27,28). The van der Waals surface area contributed by atoms with Gasteiger partial charge in [-0.15, -0.1) is 0 Å². The second-order valence-electron chi connectivity index (χ2n) is 9.11. The van der Waals surface area contributed by atoms with E-state index in [1.807, 2.05) is 31.3 Å². The molecule has 0 bridgehead atoms. The molecule has 2 aromatic carbocycles. The van der Waals surface area contributed by atoms with Crippen molar-refractivity contribution >= 4 is 31.8 Å². The fourth-order valence-corrected chi connectivity index (χ4v) is 5.61. The first-order chi connectivity index (χ1) is 15.8. The van der Waals surface area contributed by atoms with E-state index >= 15 is 0 Å². The van der Waals surface area contributed by atoms with Crippen LogP contribution in [0.25, 0.3) is 33.1 Å². The number of piperazine rings is 1. The third kappa shape index (κ3) is 4.28. The van der Waals surface area contributed by atoms with Gasteiger partial charge in [0.05, 0.1) is 10.6 Å². The van der Waals surface area contributed by atoms with Crippen LogP contribution in [0.1, 0.15) is 18.1 Å². The van der Waals surface area contributed by atoms with Gasteiger partial charge < -0.3 is 9.88 Å².